The first-order valence-electron chi connectivity index (χ1n) is 9.21. The van der Waals surface area contributed by atoms with Crippen molar-refractivity contribution in [1.82, 2.24) is 9.97 Å². The molecule has 0 bridgehead atoms. The van der Waals surface area contributed by atoms with Gasteiger partial charge in [-0.1, -0.05) is 30.3 Å². The lowest BCUT2D eigenvalue weighted by Gasteiger charge is -2.10. The highest BCUT2D eigenvalue weighted by Gasteiger charge is 2.06. The average Bonchev–Trinajstić information content (AvgIpc) is 2.76. The number of benzene rings is 2. The largest absolute Gasteiger partial charge is 0.497 e. The minimum atomic E-state index is -0.101. The molecule has 0 spiro atoms. The number of amides is 1. The number of nitrogens with zero attached hydrogens (tertiary/aromatic N) is 2. The van der Waals surface area contributed by atoms with Gasteiger partial charge in [-0.05, 0) is 42.0 Å². The molecule has 2 aromatic heterocycles. The minimum Gasteiger partial charge on any atom is -0.497 e. The van der Waals surface area contributed by atoms with Gasteiger partial charge in [-0.15, -0.1) is 0 Å². The van der Waals surface area contributed by atoms with Crippen LogP contribution in [0.25, 0.3) is 10.9 Å². The third-order valence-corrected chi connectivity index (χ3v) is 4.47. The van der Waals surface area contributed by atoms with Crippen LogP contribution in [0.3, 0.4) is 0 Å². The molecule has 0 saturated heterocycles. The molecule has 2 heterocycles. The van der Waals surface area contributed by atoms with Crippen LogP contribution in [-0.2, 0) is 11.2 Å². The van der Waals surface area contributed by atoms with Gasteiger partial charge in [0.15, 0.2) is 0 Å². The summed E-state index contributed by atoms with van der Waals surface area (Å²) in [4.78, 5) is 21.1. The van der Waals surface area contributed by atoms with Gasteiger partial charge in [-0.3, -0.25) is 9.78 Å². The molecular weight excluding hydrogens is 364 g/mol. The zero-order valence-electron chi connectivity index (χ0n) is 15.9. The monoisotopic (exact) mass is 384 g/mol. The van der Waals surface area contributed by atoms with E-state index >= 15 is 0 Å². The van der Waals surface area contributed by atoms with Gasteiger partial charge in [0, 0.05) is 11.6 Å². The molecule has 0 unspecified atom stereocenters. The van der Waals surface area contributed by atoms with Crippen LogP contribution in [0.15, 0.2) is 79.1 Å². The molecule has 0 fully saturated rings. The van der Waals surface area contributed by atoms with Crippen molar-refractivity contribution < 1.29 is 9.53 Å². The third kappa shape index (κ3) is 4.50. The van der Waals surface area contributed by atoms with Crippen LogP contribution in [0, 0.1) is 0 Å². The first-order chi connectivity index (χ1) is 14.2. The fourth-order valence-electron chi connectivity index (χ4n) is 3.02. The Morgan fingerprint density at radius 3 is 2.55 bits per heavy atom. The van der Waals surface area contributed by atoms with E-state index in [0.29, 0.717) is 11.5 Å². The van der Waals surface area contributed by atoms with E-state index in [0.717, 1.165) is 27.9 Å². The van der Waals surface area contributed by atoms with Gasteiger partial charge >= 0.3 is 0 Å². The number of aromatic nitrogens is 2. The van der Waals surface area contributed by atoms with E-state index in [1.54, 1.807) is 19.5 Å². The lowest BCUT2D eigenvalue weighted by atomic mass is 10.1. The summed E-state index contributed by atoms with van der Waals surface area (Å²) in [5.74, 6) is 1.34. The maximum absolute atomic E-state index is 12.3. The first kappa shape index (κ1) is 18.4. The van der Waals surface area contributed by atoms with Crippen molar-refractivity contribution in [2.24, 2.45) is 0 Å². The number of para-hydroxylation sites is 1. The quantitative estimate of drug-likeness (QED) is 0.509. The van der Waals surface area contributed by atoms with Crippen molar-refractivity contribution in [2.75, 3.05) is 17.7 Å². The Labute approximate surface area is 168 Å². The van der Waals surface area contributed by atoms with Gasteiger partial charge in [-0.2, -0.15) is 0 Å². The van der Waals surface area contributed by atoms with Gasteiger partial charge in [0.25, 0.3) is 0 Å². The Balaban J connectivity index is 1.40. The van der Waals surface area contributed by atoms with Gasteiger partial charge in [0.2, 0.25) is 5.91 Å². The Morgan fingerprint density at radius 2 is 1.79 bits per heavy atom. The average molecular weight is 384 g/mol. The highest BCUT2D eigenvalue weighted by molar-refractivity contribution is 5.93. The lowest BCUT2D eigenvalue weighted by Crippen LogP contribution is -2.14. The summed E-state index contributed by atoms with van der Waals surface area (Å²) in [5.41, 5.74) is 3.32. The van der Waals surface area contributed by atoms with Crippen LogP contribution < -0.4 is 15.4 Å². The second kappa shape index (κ2) is 8.39. The summed E-state index contributed by atoms with van der Waals surface area (Å²) in [6, 6.07) is 21.0. The molecule has 144 valence electrons. The van der Waals surface area contributed by atoms with Crippen molar-refractivity contribution in [1.29, 1.82) is 0 Å². The van der Waals surface area contributed by atoms with Crippen LogP contribution in [0.1, 0.15) is 5.56 Å². The normalized spacial score (nSPS) is 10.5. The van der Waals surface area contributed by atoms with Gasteiger partial charge in [-0.25, -0.2) is 4.98 Å². The number of nitrogens with one attached hydrogen (secondary N) is 2. The van der Waals surface area contributed by atoms with Crippen molar-refractivity contribution in [3.05, 3.63) is 84.7 Å². The number of hydrogen-bond donors (Lipinski definition) is 2. The van der Waals surface area contributed by atoms with Gasteiger partial charge in [0.05, 0.1) is 36.6 Å². The fraction of sp³-hybridized carbons (Fsp3) is 0.0870. The summed E-state index contributed by atoms with van der Waals surface area (Å²) < 4.78 is 5.13. The second-order valence-electron chi connectivity index (χ2n) is 6.51. The maximum Gasteiger partial charge on any atom is 0.228 e. The molecule has 2 N–H and O–H groups in total. The van der Waals surface area contributed by atoms with Gasteiger partial charge < -0.3 is 15.4 Å². The van der Waals surface area contributed by atoms with E-state index in [1.165, 1.54) is 0 Å². The van der Waals surface area contributed by atoms with Crippen molar-refractivity contribution >= 4 is 34.0 Å². The summed E-state index contributed by atoms with van der Waals surface area (Å²) >= 11 is 0. The van der Waals surface area contributed by atoms with Crippen molar-refractivity contribution in [3.63, 3.8) is 0 Å². The van der Waals surface area contributed by atoms with Crippen LogP contribution >= 0.6 is 0 Å². The number of carbonyl (C=O) groups is 1. The minimum absolute atomic E-state index is 0.101. The summed E-state index contributed by atoms with van der Waals surface area (Å²) in [6.07, 6.45) is 3.68. The molecule has 1 amide bonds. The molecule has 0 aliphatic rings. The molecule has 0 saturated carbocycles. The van der Waals surface area contributed by atoms with Gasteiger partial charge in [0.1, 0.15) is 11.6 Å². The fourth-order valence-corrected chi connectivity index (χ4v) is 3.02. The molecule has 2 aromatic carbocycles. The van der Waals surface area contributed by atoms with E-state index in [-0.39, 0.29) is 12.3 Å². The number of pyridine rings is 2. The Bertz CT molecular complexity index is 1120. The number of methoxy groups -OCH3 is 1. The van der Waals surface area contributed by atoms with E-state index in [2.05, 4.69) is 20.6 Å². The predicted molar refractivity (Wildman–Crippen MR) is 115 cm³/mol. The number of carbonyl (C=O) groups excluding carboxylic acids is 1. The maximum atomic E-state index is 12.3. The zero-order chi connectivity index (χ0) is 20.1. The smallest absolute Gasteiger partial charge is 0.228 e. The highest BCUT2D eigenvalue weighted by atomic mass is 16.5. The summed E-state index contributed by atoms with van der Waals surface area (Å²) in [6.45, 7) is 0. The SMILES string of the molecule is COc1ccc(CC(=O)Nc2ccc(Nc3cccc4cccnc34)nc2)cc1. The standard InChI is InChI=1S/C23H20N4O2/c1-29-19-10-7-16(8-11-19)14-22(28)26-18-9-12-21(25-15-18)27-20-6-2-4-17-5-3-13-24-23(17)20/h2-13,15H,14H2,1H3,(H,25,27)(H,26,28). The van der Waals surface area contributed by atoms with Crippen molar-refractivity contribution in [2.45, 2.75) is 6.42 Å². The molecule has 0 atom stereocenters. The summed E-state index contributed by atoms with van der Waals surface area (Å²) in [7, 11) is 1.62. The number of hydrogen-bond acceptors (Lipinski definition) is 5. The summed E-state index contributed by atoms with van der Waals surface area (Å²) in [5, 5.41) is 7.20. The lowest BCUT2D eigenvalue weighted by molar-refractivity contribution is -0.115. The molecule has 29 heavy (non-hydrogen) atoms. The molecular formula is C23H20N4O2. The number of fused-ring (bicyclic) bond motifs is 1. The zero-order valence-corrected chi connectivity index (χ0v) is 15.9. The van der Waals surface area contributed by atoms with Crippen molar-refractivity contribution in [3.8, 4) is 5.75 Å². The van der Waals surface area contributed by atoms with E-state index in [4.69, 9.17) is 4.74 Å². The van der Waals surface area contributed by atoms with E-state index in [9.17, 15) is 4.79 Å². The molecule has 0 aliphatic carbocycles. The topological polar surface area (TPSA) is 76.1 Å². The molecule has 4 aromatic rings. The molecule has 0 aliphatic heterocycles. The predicted octanol–water partition coefficient (Wildman–Crippen LogP) is 4.56. The first-order valence-corrected chi connectivity index (χ1v) is 9.21. The number of anilines is 3. The Hall–Kier alpha value is -3.93. The Morgan fingerprint density at radius 1 is 0.966 bits per heavy atom. The van der Waals surface area contributed by atoms with E-state index < -0.39 is 0 Å². The van der Waals surface area contributed by atoms with E-state index in [1.807, 2.05) is 66.7 Å². The second-order valence-corrected chi connectivity index (χ2v) is 6.51. The van der Waals surface area contributed by atoms with Crippen LogP contribution in [-0.4, -0.2) is 23.0 Å². The molecule has 6 heteroatoms. The number of rotatable bonds is 6. The molecule has 6 nitrogen and oxygen atoms in total. The Kier molecular flexibility index (Phi) is 5.33. The molecule has 0 radical (unpaired) electrons. The van der Waals surface area contributed by atoms with Crippen LogP contribution in [0.5, 0.6) is 5.75 Å². The number of ether oxygens (including phenoxy) is 1. The third-order valence-electron chi connectivity index (χ3n) is 4.47. The van der Waals surface area contributed by atoms with Crippen LogP contribution in [0.4, 0.5) is 17.2 Å². The van der Waals surface area contributed by atoms with Crippen LogP contribution in [0.2, 0.25) is 0 Å². The highest BCUT2D eigenvalue weighted by Crippen LogP contribution is 2.24. The molecule has 4 rings (SSSR count).